The second-order valence-corrected chi connectivity index (χ2v) is 8.86. The number of rotatable bonds is 3. The number of hydrogen-bond donors (Lipinski definition) is 1. The Morgan fingerprint density at radius 1 is 1.23 bits per heavy atom. The van der Waals surface area contributed by atoms with E-state index in [1.54, 1.807) is 0 Å². The highest BCUT2D eigenvalue weighted by Crippen LogP contribution is 2.45. The molecule has 1 aromatic rings. The molecule has 5 heteroatoms. The van der Waals surface area contributed by atoms with Gasteiger partial charge in [-0.05, 0) is 44.6 Å². The van der Waals surface area contributed by atoms with Crippen LogP contribution in [0.2, 0.25) is 0 Å². The van der Waals surface area contributed by atoms with Crippen LogP contribution in [-0.2, 0) is 11.3 Å². The van der Waals surface area contributed by atoms with E-state index in [1.165, 1.54) is 5.56 Å². The van der Waals surface area contributed by atoms with Gasteiger partial charge >= 0.3 is 6.09 Å². The first kappa shape index (κ1) is 19.2. The molecule has 0 aromatic heterocycles. The van der Waals surface area contributed by atoms with Gasteiger partial charge in [0.1, 0.15) is 5.60 Å². The lowest BCUT2D eigenvalue weighted by Crippen LogP contribution is -2.48. The van der Waals surface area contributed by atoms with Crippen molar-refractivity contribution < 1.29 is 14.6 Å². The van der Waals surface area contributed by atoms with Crippen molar-refractivity contribution in [2.75, 3.05) is 32.8 Å². The normalized spacial score (nSPS) is 23.4. The lowest BCUT2D eigenvalue weighted by molar-refractivity contribution is 0.00184. The fraction of sp³-hybridized carbons (Fsp3) is 0.667. The summed E-state index contributed by atoms with van der Waals surface area (Å²) in [5.74, 6) is 0.284. The zero-order valence-corrected chi connectivity index (χ0v) is 16.3. The summed E-state index contributed by atoms with van der Waals surface area (Å²) in [5.41, 5.74) is 0.967. The number of carbonyl (C=O) groups excluding carboxylic acids is 1. The fourth-order valence-electron chi connectivity index (χ4n) is 4.39. The number of piperidine rings is 1. The highest BCUT2D eigenvalue weighted by molar-refractivity contribution is 5.68. The van der Waals surface area contributed by atoms with Gasteiger partial charge in [-0.2, -0.15) is 0 Å². The molecule has 2 fully saturated rings. The Kier molecular flexibility index (Phi) is 5.58. The molecule has 1 atom stereocenters. The van der Waals surface area contributed by atoms with Gasteiger partial charge in [-0.15, -0.1) is 0 Å². The summed E-state index contributed by atoms with van der Waals surface area (Å²) in [6.45, 7) is 10.2. The van der Waals surface area contributed by atoms with Crippen LogP contribution >= 0.6 is 0 Å². The lowest BCUT2D eigenvalue weighted by Gasteiger charge is -2.42. The van der Waals surface area contributed by atoms with E-state index in [2.05, 4.69) is 29.2 Å². The Hall–Kier alpha value is -1.59. The SMILES string of the molecule is CC(C)(C)OC(=O)N1CCC2(CC1)CN(Cc1ccccc1)C[C@@H]2CO. The standard InChI is InChI=1S/C21H32N2O3/c1-20(2,3)26-19(25)23-11-9-21(10-12-23)16-22(14-18(21)15-24)13-17-7-5-4-6-8-17/h4-8,18,24H,9-16H2,1-3H3/t18-/m1/s1. The third-order valence-corrected chi connectivity index (χ3v) is 5.76. The first-order valence-electron chi connectivity index (χ1n) is 9.66. The average molecular weight is 360 g/mol. The number of aliphatic hydroxyl groups is 1. The molecule has 0 bridgehead atoms. The number of benzene rings is 1. The van der Waals surface area contributed by atoms with Gasteiger partial charge in [0, 0.05) is 45.2 Å². The van der Waals surface area contributed by atoms with E-state index in [0.717, 1.165) is 32.5 Å². The van der Waals surface area contributed by atoms with Crippen molar-refractivity contribution >= 4 is 6.09 Å². The zero-order valence-electron chi connectivity index (χ0n) is 16.3. The van der Waals surface area contributed by atoms with Gasteiger partial charge in [0.05, 0.1) is 0 Å². The monoisotopic (exact) mass is 360 g/mol. The molecule has 1 N–H and O–H groups in total. The van der Waals surface area contributed by atoms with Crippen molar-refractivity contribution in [1.29, 1.82) is 0 Å². The van der Waals surface area contributed by atoms with Gasteiger partial charge in [-0.3, -0.25) is 4.90 Å². The summed E-state index contributed by atoms with van der Waals surface area (Å²) in [6, 6.07) is 10.5. The molecule has 0 radical (unpaired) electrons. The van der Waals surface area contributed by atoms with Crippen LogP contribution in [-0.4, -0.2) is 59.4 Å². The Labute approximate surface area is 156 Å². The topological polar surface area (TPSA) is 53.0 Å². The summed E-state index contributed by atoms with van der Waals surface area (Å²) < 4.78 is 5.51. The van der Waals surface area contributed by atoms with Crippen molar-refractivity contribution in [2.24, 2.45) is 11.3 Å². The molecule has 1 spiro atoms. The van der Waals surface area contributed by atoms with Crippen LogP contribution in [0, 0.1) is 11.3 Å². The summed E-state index contributed by atoms with van der Waals surface area (Å²) >= 11 is 0. The third-order valence-electron chi connectivity index (χ3n) is 5.76. The van der Waals surface area contributed by atoms with Crippen LogP contribution in [0.5, 0.6) is 0 Å². The van der Waals surface area contributed by atoms with Crippen LogP contribution in [0.3, 0.4) is 0 Å². The molecule has 0 saturated carbocycles. The van der Waals surface area contributed by atoms with Gasteiger partial charge in [0.2, 0.25) is 0 Å². The molecule has 3 rings (SSSR count). The Balaban J connectivity index is 1.60. The summed E-state index contributed by atoms with van der Waals surface area (Å²) in [7, 11) is 0. The van der Waals surface area contributed by atoms with Crippen LogP contribution in [0.25, 0.3) is 0 Å². The molecule has 2 heterocycles. The third kappa shape index (κ3) is 4.38. The van der Waals surface area contributed by atoms with Gasteiger partial charge in [-0.25, -0.2) is 4.79 Å². The van der Waals surface area contributed by atoms with Crippen molar-refractivity contribution in [3.8, 4) is 0 Å². The number of carbonyl (C=O) groups is 1. The average Bonchev–Trinajstić information content (AvgIpc) is 2.91. The van der Waals surface area contributed by atoms with E-state index >= 15 is 0 Å². The van der Waals surface area contributed by atoms with E-state index in [0.29, 0.717) is 13.1 Å². The number of ether oxygens (including phenoxy) is 1. The molecule has 2 aliphatic heterocycles. The predicted octanol–water partition coefficient (Wildman–Crippen LogP) is 3.13. The minimum atomic E-state index is -0.459. The molecule has 144 valence electrons. The quantitative estimate of drug-likeness (QED) is 0.900. The number of nitrogens with zero attached hydrogens (tertiary/aromatic N) is 2. The van der Waals surface area contributed by atoms with Crippen LogP contribution in [0.15, 0.2) is 30.3 Å². The highest BCUT2D eigenvalue weighted by atomic mass is 16.6. The predicted molar refractivity (Wildman–Crippen MR) is 102 cm³/mol. The van der Waals surface area contributed by atoms with Crippen LogP contribution in [0.4, 0.5) is 4.79 Å². The van der Waals surface area contributed by atoms with Gasteiger partial charge in [0.15, 0.2) is 0 Å². The summed E-state index contributed by atoms with van der Waals surface area (Å²) in [4.78, 5) is 16.6. The fourth-order valence-corrected chi connectivity index (χ4v) is 4.39. The van der Waals surface area contributed by atoms with Crippen molar-refractivity contribution in [2.45, 2.75) is 45.8 Å². The van der Waals surface area contributed by atoms with Crippen molar-refractivity contribution in [3.05, 3.63) is 35.9 Å². The Bertz CT molecular complexity index is 603. The van der Waals surface area contributed by atoms with Crippen molar-refractivity contribution in [1.82, 2.24) is 9.80 Å². The molecular weight excluding hydrogens is 328 g/mol. The minimum Gasteiger partial charge on any atom is -0.444 e. The van der Waals surface area contributed by atoms with Crippen LogP contribution in [0.1, 0.15) is 39.2 Å². The van der Waals surface area contributed by atoms with Gasteiger partial charge in [0.25, 0.3) is 0 Å². The number of amides is 1. The van der Waals surface area contributed by atoms with Gasteiger partial charge < -0.3 is 14.7 Å². The first-order valence-corrected chi connectivity index (χ1v) is 9.66. The van der Waals surface area contributed by atoms with E-state index < -0.39 is 5.60 Å². The van der Waals surface area contributed by atoms with Gasteiger partial charge in [-0.1, -0.05) is 30.3 Å². The van der Waals surface area contributed by atoms with E-state index in [9.17, 15) is 9.90 Å². The van der Waals surface area contributed by atoms with E-state index in [1.807, 2.05) is 31.7 Å². The Morgan fingerprint density at radius 3 is 2.46 bits per heavy atom. The number of hydrogen-bond acceptors (Lipinski definition) is 4. The largest absolute Gasteiger partial charge is 0.444 e. The molecule has 26 heavy (non-hydrogen) atoms. The molecule has 5 nitrogen and oxygen atoms in total. The molecule has 1 amide bonds. The molecule has 2 aliphatic rings. The molecule has 2 saturated heterocycles. The molecule has 1 aromatic carbocycles. The van der Waals surface area contributed by atoms with Crippen molar-refractivity contribution in [3.63, 3.8) is 0 Å². The maximum absolute atomic E-state index is 12.3. The number of aliphatic hydroxyl groups excluding tert-OH is 1. The van der Waals surface area contributed by atoms with Crippen LogP contribution < -0.4 is 0 Å². The minimum absolute atomic E-state index is 0.113. The second kappa shape index (κ2) is 7.57. The van der Waals surface area contributed by atoms with E-state index in [-0.39, 0.29) is 24.0 Å². The highest BCUT2D eigenvalue weighted by Gasteiger charge is 2.48. The molecular formula is C21H32N2O3. The molecule has 0 aliphatic carbocycles. The summed E-state index contributed by atoms with van der Waals surface area (Å²) in [5, 5.41) is 9.96. The maximum atomic E-state index is 12.3. The summed E-state index contributed by atoms with van der Waals surface area (Å²) in [6.07, 6.45) is 1.65. The lowest BCUT2D eigenvalue weighted by atomic mass is 9.71. The first-order chi connectivity index (χ1) is 12.3. The Morgan fingerprint density at radius 2 is 1.88 bits per heavy atom. The maximum Gasteiger partial charge on any atom is 0.410 e. The molecule has 0 unspecified atom stereocenters. The smallest absolute Gasteiger partial charge is 0.410 e. The number of likely N-dealkylation sites (tertiary alicyclic amines) is 2. The second-order valence-electron chi connectivity index (χ2n) is 8.86. The zero-order chi connectivity index (χ0) is 18.8. The van der Waals surface area contributed by atoms with E-state index in [4.69, 9.17) is 4.74 Å².